The Balaban J connectivity index is 1.67. The minimum absolute atomic E-state index is 0.649. The lowest BCUT2D eigenvalue weighted by molar-refractivity contribution is 0.298. The molecule has 0 heterocycles. The molecule has 1 aliphatic carbocycles. The molecule has 0 amide bonds. The molecular formula is C44H56O4S4. The number of fused-ring (bicyclic) bond motifs is 8. The summed E-state index contributed by atoms with van der Waals surface area (Å²) >= 11 is 17.8. The Hall–Kier alpha value is -2.52. The summed E-state index contributed by atoms with van der Waals surface area (Å²) in [5.74, 6) is 7.27. The first-order chi connectivity index (χ1) is 25.7. The van der Waals surface area contributed by atoms with Gasteiger partial charge in [0.25, 0.3) is 0 Å². The molecule has 0 radical (unpaired) electrons. The molecule has 0 saturated carbocycles. The number of rotatable bonds is 20. The Bertz CT molecular complexity index is 1350. The maximum Gasteiger partial charge on any atom is 0.126 e. The van der Waals surface area contributed by atoms with Crippen LogP contribution in [0, 0.1) is 0 Å². The van der Waals surface area contributed by atoms with E-state index in [0.29, 0.717) is 52.1 Å². The van der Waals surface area contributed by atoms with E-state index in [1.54, 1.807) is 0 Å². The van der Waals surface area contributed by atoms with Gasteiger partial charge in [0, 0.05) is 25.7 Å². The number of para-hydroxylation sites is 4. The number of ether oxygens (including phenoxy) is 4. The number of hydrogen-bond acceptors (Lipinski definition) is 8. The summed E-state index contributed by atoms with van der Waals surface area (Å²) in [6.45, 7) is 2.60. The van der Waals surface area contributed by atoms with Crippen molar-refractivity contribution >= 4 is 50.5 Å². The van der Waals surface area contributed by atoms with Crippen molar-refractivity contribution in [3.63, 3.8) is 0 Å². The van der Waals surface area contributed by atoms with Crippen LogP contribution in [0.5, 0.6) is 23.0 Å². The summed E-state index contributed by atoms with van der Waals surface area (Å²) in [7, 11) is 0. The first-order valence-electron chi connectivity index (χ1n) is 19.0. The molecule has 52 heavy (non-hydrogen) atoms. The Labute approximate surface area is 334 Å². The van der Waals surface area contributed by atoms with Crippen molar-refractivity contribution in [2.45, 2.75) is 77.0 Å². The highest BCUT2D eigenvalue weighted by atomic mass is 32.1. The van der Waals surface area contributed by atoms with Gasteiger partial charge < -0.3 is 18.9 Å². The highest BCUT2D eigenvalue weighted by Gasteiger charge is 2.21. The van der Waals surface area contributed by atoms with E-state index in [2.05, 4.69) is 123 Å². The molecule has 4 nitrogen and oxygen atoms in total. The zero-order valence-corrected chi connectivity index (χ0v) is 34.1. The van der Waals surface area contributed by atoms with Gasteiger partial charge in [-0.25, -0.2) is 0 Å². The molecule has 8 bridgehead atoms. The second kappa shape index (κ2) is 22.6. The van der Waals surface area contributed by atoms with Gasteiger partial charge in [0.1, 0.15) is 23.0 Å². The fourth-order valence-corrected chi connectivity index (χ4v) is 7.67. The Kier molecular flexibility index (Phi) is 17.7. The van der Waals surface area contributed by atoms with Crippen LogP contribution >= 0.6 is 50.5 Å². The van der Waals surface area contributed by atoms with E-state index in [4.69, 9.17) is 18.9 Å². The monoisotopic (exact) mass is 776 g/mol. The van der Waals surface area contributed by atoms with Crippen LogP contribution in [0.1, 0.15) is 95.9 Å². The topological polar surface area (TPSA) is 36.9 Å². The normalized spacial score (nSPS) is 12.4. The van der Waals surface area contributed by atoms with Crippen molar-refractivity contribution in [3.8, 4) is 23.0 Å². The summed E-state index contributed by atoms with van der Waals surface area (Å²) in [6.07, 6.45) is 10.7. The molecule has 8 heteroatoms. The minimum Gasteiger partial charge on any atom is -0.493 e. The van der Waals surface area contributed by atoms with Gasteiger partial charge in [0.15, 0.2) is 0 Å². The summed E-state index contributed by atoms with van der Waals surface area (Å²) in [6, 6.07) is 26.4. The highest BCUT2D eigenvalue weighted by molar-refractivity contribution is 7.80. The first-order valence-corrected chi connectivity index (χ1v) is 21.6. The van der Waals surface area contributed by atoms with E-state index in [9.17, 15) is 0 Å². The fraction of sp³-hybridized carbons (Fsp3) is 0.455. The molecule has 0 spiro atoms. The number of unbranched alkanes of at least 4 members (excludes halogenated alkanes) is 4. The van der Waals surface area contributed by atoms with Gasteiger partial charge in [-0.1, -0.05) is 72.8 Å². The van der Waals surface area contributed by atoms with Crippen molar-refractivity contribution < 1.29 is 18.9 Å². The fourth-order valence-electron chi connectivity index (χ4n) is 6.78. The zero-order chi connectivity index (χ0) is 36.4. The van der Waals surface area contributed by atoms with Gasteiger partial charge in [-0.3, -0.25) is 0 Å². The average molecular weight is 777 g/mol. The van der Waals surface area contributed by atoms with E-state index in [0.717, 1.165) is 142 Å². The molecular weight excluding hydrogens is 721 g/mol. The van der Waals surface area contributed by atoms with Gasteiger partial charge in [-0.15, -0.1) is 0 Å². The van der Waals surface area contributed by atoms with Crippen molar-refractivity contribution in [1.29, 1.82) is 0 Å². The smallest absolute Gasteiger partial charge is 0.126 e. The molecule has 0 N–H and O–H groups in total. The molecule has 1 aliphatic rings. The lowest BCUT2D eigenvalue weighted by Crippen LogP contribution is -2.10. The standard InChI is InChI=1S/C44H56O4S4/c49-25-5-1-21-45-41-33-13-9-14-34(41)30-36-16-11-18-38(43(36)47-23-3-7-27-51)32-40-20-12-19-39(44(40)48-24-4-8-28-52)31-37-17-10-15-35(29-33)42(37)46-22-2-6-26-50/h9-20,49-52H,1-8,21-32H2. The summed E-state index contributed by atoms with van der Waals surface area (Å²) in [5.41, 5.74) is 9.30. The second-order valence-corrected chi connectivity index (χ2v) is 15.2. The number of thiol groups is 4. The van der Waals surface area contributed by atoms with Crippen molar-refractivity contribution in [2.24, 2.45) is 0 Å². The van der Waals surface area contributed by atoms with Crippen molar-refractivity contribution in [3.05, 3.63) is 117 Å². The molecule has 0 atom stereocenters. The van der Waals surface area contributed by atoms with E-state index in [-0.39, 0.29) is 0 Å². The largest absolute Gasteiger partial charge is 0.493 e. The van der Waals surface area contributed by atoms with Gasteiger partial charge in [0.2, 0.25) is 0 Å². The van der Waals surface area contributed by atoms with Gasteiger partial charge in [-0.2, -0.15) is 50.5 Å². The van der Waals surface area contributed by atoms with Crippen molar-refractivity contribution in [1.82, 2.24) is 0 Å². The van der Waals surface area contributed by atoms with Crippen LogP contribution in [0.15, 0.2) is 72.8 Å². The van der Waals surface area contributed by atoms with Crippen LogP contribution in [0.25, 0.3) is 0 Å². The molecule has 0 aliphatic heterocycles. The van der Waals surface area contributed by atoms with Crippen LogP contribution in [0.2, 0.25) is 0 Å². The van der Waals surface area contributed by atoms with Crippen LogP contribution in [0.4, 0.5) is 0 Å². The molecule has 4 aromatic rings. The van der Waals surface area contributed by atoms with E-state index < -0.39 is 0 Å². The van der Waals surface area contributed by atoms with Crippen LogP contribution in [0.3, 0.4) is 0 Å². The number of hydrogen-bond donors (Lipinski definition) is 4. The van der Waals surface area contributed by atoms with Crippen LogP contribution in [-0.4, -0.2) is 49.4 Å². The van der Waals surface area contributed by atoms with E-state index >= 15 is 0 Å². The van der Waals surface area contributed by atoms with Gasteiger partial charge in [0.05, 0.1) is 26.4 Å². The first kappa shape index (κ1) is 40.7. The van der Waals surface area contributed by atoms with Crippen LogP contribution in [-0.2, 0) is 25.7 Å². The van der Waals surface area contributed by atoms with E-state index in [1.807, 2.05) is 0 Å². The Morgan fingerprint density at radius 1 is 0.308 bits per heavy atom. The third kappa shape index (κ3) is 11.7. The Morgan fingerprint density at radius 3 is 0.673 bits per heavy atom. The van der Waals surface area contributed by atoms with Crippen LogP contribution < -0.4 is 18.9 Å². The van der Waals surface area contributed by atoms with E-state index in [1.165, 1.54) is 0 Å². The maximum absolute atomic E-state index is 6.72. The lowest BCUT2D eigenvalue weighted by atomic mass is 9.91. The van der Waals surface area contributed by atoms with Gasteiger partial charge in [-0.05, 0) is 119 Å². The molecule has 0 unspecified atom stereocenters. The molecule has 0 aromatic heterocycles. The third-order valence-electron chi connectivity index (χ3n) is 9.43. The summed E-state index contributed by atoms with van der Waals surface area (Å²) in [4.78, 5) is 0. The summed E-state index contributed by atoms with van der Waals surface area (Å²) in [5, 5.41) is 0. The molecule has 4 aromatic carbocycles. The predicted octanol–water partition coefficient (Wildman–Crippen LogP) is 10.7. The molecule has 0 fully saturated rings. The maximum atomic E-state index is 6.72. The zero-order valence-electron chi connectivity index (χ0n) is 30.5. The van der Waals surface area contributed by atoms with Gasteiger partial charge >= 0.3 is 0 Å². The Morgan fingerprint density at radius 2 is 0.500 bits per heavy atom. The minimum atomic E-state index is 0.649. The number of benzene rings is 4. The third-order valence-corrected chi connectivity index (χ3v) is 10.7. The second-order valence-electron chi connectivity index (χ2n) is 13.4. The molecule has 0 saturated heterocycles. The average Bonchev–Trinajstić information content (AvgIpc) is 3.15. The molecule has 280 valence electrons. The lowest BCUT2D eigenvalue weighted by Gasteiger charge is -2.23. The van der Waals surface area contributed by atoms with Crippen molar-refractivity contribution in [2.75, 3.05) is 49.4 Å². The summed E-state index contributed by atoms with van der Waals surface area (Å²) < 4.78 is 26.9. The quantitative estimate of drug-likeness (QED) is 0.0469. The predicted molar refractivity (Wildman–Crippen MR) is 231 cm³/mol. The highest BCUT2D eigenvalue weighted by Crippen LogP contribution is 2.39. The SMILES string of the molecule is SCCCCOc1c2cccc1Cc1cccc(c1OCCCCS)Cc1cccc(c1OCCCCS)Cc1cccc(c1OCCCCS)C2. The molecule has 5 rings (SSSR count).